The van der Waals surface area contributed by atoms with E-state index in [0.29, 0.717) is 24.2 Å². The number of urea groups is 1. The molecule has 2 heterocycles. The van der Waals surface area contributed by atoms with E-state index >= 15 is 0 Å². The van der Waals surface area contributed by atoms with Crippen molar-refractivity contribution in [1.82, 2.24) is 19.6 Å². The number of likely N-dealkylation sites (N-methyl/N-ethyl adjacent to an activating group) is 1. The van der Waals surface area contributed by atoms with Crippen molar-refractivity contribution in [3.05, 3.63) is 42.2 Å². The number of nitrogens with two attached hydrogens (primary N) is 1. The molecule has 31 heavy (non-hydrogen) atoms. The number of carbonyl (C=O) groups excluding carboxylic acids is 4. The lowest BCUT2D eigenvalue weighted by molar-refractivity contribution is -0.136. The van der Waals surface area contributed by atoms with Crippen LogP contribution >= 0.6 is 0 Å². The molecule has 3 N–H and O–H groups in total. The summed E-state index contributed by atoms with van der Waals surface area (Å²) >= 11 is 0. The predicted molar refractivity (Wildman–Crippen MR) is 111 cm³/mol. The maximum absolute atomic E-state index is 13.0. The van der Waals surface area contributed by atoms with E-state index in [1.54, 1.807) is 37.5 Å². The summed E-state index contributed by atoms with van der Waals surface area (Å²) in [4.78, 5) is 51.9. The van der Waals surface area contributed by atoms with E-state index in [-0.39, 0.29) is 18.1 Å². The Hall–Kier alpha value is -3.69. The highest BCUT2D eigenvalue weighted by Gasteiger charge is 2.55. The third-order valence-corrected chi connectivity index (χ3v) is 6.04. The van der Waals surface area contributed by atoms with Gasteiger partial charge in [-0.3, -0.25) is 19.3 Å². The summed E-state index contributed by atoms with van der Waals surface area (Å²) in [5.74, 6) is -1.35. The first-order valence-electron chi connectivity index (χ1n) is 10.2. The number of primary amides is 1. The highest BCUT2D eigenvalue weighted by Crippen LogP contribution is 2.39. The van der Waals surface area contributed by atoms with Crippen molar-refractivity contribution in [3.63, 3.8) is 0 Å². The van der Waals surface area contributed by atoms with Crippen LogP contribution in [0, 0.1) is 0 Å². The van der Waals surface area contributed by atoms with Gasteiger partial charge >= 0.3 is 6.03 Å². The standard InChI is InChI=1S/C21H24N6O4/c1-25-20(31)26(19(30)21(25)10-3-2-4-11-21)13-17(28)23-14-5-7-15(8-6-14)27-12-9-16(24-27)18(22)29/h5-9,12H,2-4,10-11,13H2,1H3,(H2,22,29)(H,23,28). The lowest BCUT2D eigenvalue weighted by Gasteiger charge is -2.35. The molecule has 2 aliphatic rings. The van der Waals surface area contributed by atoms with Crippen LogP contribution in [0.1, 0.15) is 42.6 Å². The van der Waals surface area contributed by atoms with E-state index in [9.17, 15) is 19.2 Å². The van der Waals surface area contributed by atoms with Crippen molar-refractivity contribution in [2.45, 2.75) is 37.6 Å². The number of benzene rings is 1. The van der Waals surface area contributed by atoms with Gasteiger partial charge in [0.2, 0.25) is 5.91 Å². The van der Waals surface area contributed by atoms with Gasteiger partial charge in [0, 0.05) is 18.9 Å². The Morgan fingerprint density at radius 2 is 1.77 bits per heavy atom. The molecule has 2 fully saturated rings. The normalized spacial score (nSPS) is 18.0. The number of imide groups is 1. The van der Waals surface area contributed by atoms with Crippen LogP contribution in [0.5, 0.6) is 0 Å². The molecular weight excluding hydrogens is 400 g/mol. The van der Waals surface area contributed by atoms with Gasteiger partial charge in [0.1, 0.15) is 17.8 Å². The average molecular weight is 424 g/mol. The second-order valence-corrected chi connectivity index (χ2v) is 7.93. The Morgan fingerprint density at radius 3 is 2.39 bits per heavy atom. The van der Waals surface area contributed by atoms with E-state index < -0.39 is 23.4 Å². The van der Waals surface area contributed by atoms with Crippen LogP contribution in [-0.2, 0) is 9.59 Å². The molecule has 10 nitrogen and oxygen atoms in total. The lowest BCUT2D eigenvalue weighted by atomic mass is 9.81. The summed E-state index contributed by atoms with van der Waals surface area (Å²) in [5, 5.41) is 6.78. The number of aromatic nitrogens is 2. The number of nitrogens with zero attached hydrogens (tertiary/aromatic N) is 4. The van der Waals surface area contributed by atoms with Crippen LogP contribution in [-0.4, -0.2) is 62.5 Å². The summed E-state index contributed by atoms with van der Waals surface area (Å²) in [6, 6.07) is 7.84. The summed E-state index contributed by atoms with van der Waals surface area (Å²) in [6.45, 7) is -0.327. The van der Waals surface area contributed by atoms with Crippen LogP contribution in [0.4, 0.5) is 10.5 Å². The highest BCUT2D eigenvalue weighted by atomic mass is 16.2. The van der Waals surface area contributed by atoms with Gasteiger partial charge in [0.05, 0.1) is 5.69 Å². The van der Waals surface area contributed by atoms with E-state index in [1.807, 2.05) is 0 Å². The molecule has 0 unspecified atom stereocenters. The average Bonchev–Trinajstić information content (AvgIpc) is 3.32. The summed E-state index contributed by atoms with van der Waals surface area (Å²) in [5.41, 5.74) is 5.75. The molecular formula is C21H24N6O4. The molecule has 2 aromatic rings. The minimum absolute atomic E-state index is 0.151. The maximum atomic E-state index is 13.0. The molecule has 1 aliphatic carbocycles. The topological polar surface area (TPSA) is 131 Å². The molecule has 1 aromatic heterocycles. The molecule has 4 rings (SSSR count). The molecule has 1 saturated carbocycles. The maximum Gasteiger partial charge on any atom is 0.327 e. The van der Waals surface area contributed by atoms with Crippen LogP contribution in [0.15, 0.2) is 36.5 Å². The largest absolute Gasteiger partial charge is 0.364 e. The van der Waals surface area contributed by atoms with Gasteiger partial charge in [0.15, 0.2) is 0 Å². The second kappa shape index (κ2) is 7.86. The Kier molecular flexibility index (Phi) is 5.22. The van der Waals surface area contributed by atoms with Gasteiger partial charge < -0.3 is 16.0 Å². The van der Waals surface area contributed by atoms with E-state index in [4.69, 9.17) is 5.73 Å². The van der Waals surface area contributed by atoms with Crippen molar-refractivity contribution in [3.8, 4) is 5.69 Å². The minimum atomic E-state index is -0.801. The minimum Gasteiger partial charge on any atom is -0.364 e. The number of nitrogens with one attached hydrogen (secondary N) is 1. The number of hydrogen-bond donors (Lipinski definition) is 2. The van der Waals surface area contributed by atoms with Gasteiger partial charge in [-0.05, 0) is 43.2 Å². The fourth-order valence-electron chi connectivity index (χ4n) is 4.31. The number of amides is 5. The van der Waals surface area contributed by atoms with Gasteiger partial charge in [-0.2, -0.15) is 5.10 Å². The molecule has 1 aliphatic heterocycles. The third kappa shape index (κ3) is 3.65. The monoisotopic (exact) mass is 424 g/mol. The number of hydrogen-bond acceptors (Lipinski definition) is 5. The highest BCUT2D eigenvalue weighted by molar-refractivity contribution is 6.10. The van der Waals surface area contributed by atoms with Gasteiger partial charge in [-0.15, -0.1) is 0 Å². The third-order valence-electron chi connectivity index (χ3n) is 6.04. The molecule has 10 heteroatoms. The second-order valence-electron chi connectivity index (χ2n) is 7.93. The zero-order valence-corrected chi connectivity index (χ0v) is 17.2. The molecule has 0 radical (unpaired) electrons. The first kappa shape index (κ1) is 20.6. The van der Waals surface area contributed by atoms with Gasteiger partial charge in [-0.1, -0.05) is 19.3 Å². The molecule has 0 bridgehead atoms. The molecule has 1 spiro atoms. The van der Waals surface area contributed by atoms with Gasteiger partial charge in [0.25, 0.3) is 11.8 Å². The van der Waals surface area contributed by atoms with Crippen LogP contribution < -0.4 is 11.1 Å². The van der Waals surface area contributed by atoms with Crippen molar-refractivity contribution in [2.75, 3.05) is 18.9 Å². The number of carbonyl (C=O) groups is 4. The lowest BCUT2D eigenvalue weighted by Crippen LogP contribution is -2.49. The Bertz CT molecular complexity index is 1040. The quantitative estimate of drug-likeness (QED) is 0.703. The molecule has 162 valence electrons. The van der Waals surface area contributed by atoms with Crippen LogP contribution in [0.2, 0.25) is 0 Å². The van der Waals surface area contributed by atoms with Crippen molar-refractivity contribution < 1.29 is 19.2 Å². The molecule has 1 saturated heterocycles. The zero-order chi connectivity index (χ0) is 22.2. The zero-order valence-electron chi connectivity index (χ0n) is 17.2. The van der Waals surface area contributed by atoms with Crippen molar-refractivity contribution in [1.29, 1.82) is 0 Å². The molecule has 5 amide bonds. The Labute approximate surface area is 179 Å². The number of rotatable bonds is 5. The molecule has 0 atom stereocenters. The van der Waals surface area contributed by atoms with E-state index in [2.05, 4.69) is 10.4 Å². The first-order valence-corrected chi connectivity index (χ1v) is 10.2. The van der Waals surface area contributed by atoms with E-state index in [1.165, 1.54) is 15.6 Å². The smallest absolute Gasteiger partial charge is 0.327 e. The van der Waals surface area contributed by atoms with E-state index in [0.717, 1.165) is 24.2 Å². The van der Waals surface area contributed by atoms with Crippen molar-refractivity contribution >= 4 is 29.4 Å². The number of anilines is 1. The first-order chi connectivity index (χ1) is 14.8. The van der Waals surface area contributed by atoms with Crippen LogP contribution in [0.3, 0.4) is 0 Å². The molecule has 1 aromatic carbocycles. The SMILES string of the molecule is CN1C(=O)N(CC(=O)Nc2ccc(-n3ccc(C(N)=O)n3)cc2)C(=O)C12CCCCC2. The fraction of sp³-hybridized carbons (Fsp3) is 0.381. The van der Waals surface area contributed by atoms with Gasteiger partial charge in [-0.25, -0.2) is 9.48 Å². The summed E-state index contributed by atoms with van der Waals surface area (Å²) < 4.78 is 1.49. The Morgan fingerprint density at radius 1 is 1.10 bits per heavy atom. The fourth-order valence-corrected chi connectivity index (χ4v) is 4.31. The Balaban J connectivity index is 1.41. The van der Waals surface area contributed by atoms with Crippen LogP contribution in [0.25, 0.3) is 5.69 Å². The predicted octanol–water partition coefficient (Wildman–Crippen LogP) is 1.51. The van der Waals surface area contributed by atoms with Crippen molar-refractivity contribution in [2.24, 2.45) is 5.73 Å². The summed E-state index contributed by atoms with van der Waals surface area (Å²) in [7, 11) is 1.64. The summed E-state index contributed by atoms with van der Waals surface area (Å²) in [6.07, 6.45) is 5.72.